The molecule has 0 saturated carbocycles. The van der Waals surface area contributed by atoms with Crippen LogP contribution in [0.5, 0.6) is 0 Å². The van der Waals surface area contributed by atoms with Crippen molar-refractivity contribution in [2.45, 2.75) is 51.0 Å². The normalized spacial score (nSPS) is 19.0. The molecule has 3 atom stereocenters. The van der Waals surface area contributed by atoms with Crippen LogP contribution in [0, 0.1) is 0 Å². The summed E-state index contributed by atoms with van der Waals surface area (Å²) in [6.45, 7) is 2.14. The van der Waals surface area contributed by atoms with Gasteiger partial charge in [-0.3, -0.25) is 19.3 Å². The second-order valence-corrected chi connectivity index (χ2v) is 11.6. The van der Waals surface area contributed by atoms with Gasteiger partial charge in [-0.15, -0.1) is 0 Å². The van der Waals surface area contributed by atoms with E-state index < -0.39 is 30.2 Å². The number of aliphatic hydroxyl groups excluding tert-OH is 1. The van der Waals surface area contributed by atoms with Gasteiger partial charge in [-0.1, -0.05) is 30.3 Å². The van der Waals surface area contributed by atoms with E-state index in [1.54, 1.807) is 47.5 Å². The lowest BCUT2D eigenvalue weighted by Gasteiger charge is -2.23. The highest BCUT2D eigenvalue weighted by Crippen LogP contribution is 2.29. The lowest BCUT2D eigenvalue weighted by molar-refractivity contribution is -0.134. The fraction of sp³-hybridized carbons (Fsp3) is 0.286. The van der Waals surface area contributed by atoms with Crippen molar-refractivity contribution in [1.82, 2.24) is 14.8 Å². The molecule has 0 radical (unpaired) electrons. The third-order valence-corrected chi connectivity index (χ3v) is 8.32. The van der Waals surface area contributed by atoms with Crippen molar-refractivity contribution in [3.05, 3.63) is 90.6 Å². The summed E-state index contributed by atoms with van der Waals surface area (Å²) in [5.74, 6) is 0.184. The molecule has 6 rings (SSSR count). The van der Waals surface area contributed by atoms with Gasteiger partial charge in [-0.2, -0.15) is 0 Å². The first kappa shape index (κ1) is 31.5. The topological polar surface area (TPSA) is 154 Å². The number of aliphatic hydroxyl groups is 1. The van der Waals surface area contributed by atoms with Crippen LogP contribution in [0.3, 0.4) is 0 Å². The molecule has 0 spiro atoms. The lowest BCUT2D eigenvalue weighted by Crippen LogP contribution is -2.43. The summed E-state index contributed by atoms with van der Waals surface area (Å²) in [7, 11) is 0. The van der Waals surface area contributed by atoms with Gasteiger partial charge < -0.3 is 29.8 Å². The number of hydrogen-bond donors (Lipinski definition) is 3. The number of carbonyl (C=O) groups is 4. The van der Waals surface area contributed by atoms with Crippen molar-refractivity contribution in [3.63, 3.8) is 0 Å². The van der Waals surface area contributed by atoms with E-state index in [9.17, 15) is 24.3 Å². The summed E-state index contributed by atoms with van der Waals surface area (Å²) in [5.41, 5.74) is 3.40. The average Bonchev–Trinajstić information content (AvgIpc) is 3.85. The first-order chi connectivity index (χ1) is 22.7. The first-order valence-electron chi connectivity index (χ1n) is 15.5. The average molecular weight is 638 g/mol. The Balaban J connectivity index is 1.04. The van der Waals surface area contributed by atoms with E-state index in [-0.39, 0.29) is 31.4 Å². The van der Waals surface area contributed by atoms with E-state index in [0.717, 1.165) is 17.5 Å². The number of aromatic nitrogens is 1. The molecule has 3 heterocycles. The van der Waals surface area contributed by atoms with Crippen molar-refractivity contribution in [3.8, 4) is 22.8 Å². The highest BCUT2D eigenvalue weighted by Gasteiger charge is 2.40. The van der Waals surface area contributed by atoms with E-state index in [4.69, 9.17) is 9.15 Å². The number of ether oxygens (including phenoxy) is 1. The molecule has 12 heteroatoms. The van der Waals surface area contributed by atoms with Gasteiger partial charge in [0.1, 0.15) is 18.7 Å². The third kappa shape index (κ3) is 7.33. The Morgan fingerprint density at radius 1 is 0.872 bits per heavy atom. The Morgan fingerprint density at radius 2 is 1.51 bits per heavy atom. The van der Waals surface area contributed by atoms with Gasteiger partial charge in [-0.25, -0.2) is 9.78 Å². The zero-order valence-corrected chi connectivity index (χ0v) is 25.8. The predicted octanol–water partition coefficient (Wildman–Crippen LogP) is 4.67. The standard InChI is InChI=1S/C35H35N5O7/c1-22(41)39-17-5-8-29(39)32(43)37-26-13-9-24(10-14-26)31-19-36-34(47-31)25-11-15-27(16-12-25)38-33(44)30-18-28(42)20-40(30)35(45)46-21-23-6-3-2-4-7-23/h2-4,6-7,9-16,19,28-30,42H,5,8,17-18,20-21H2,1H3,(H,37,43)(H,38,44)/t28-,29+,30+/m1/s1. The molecule has 2 aliphatic rings. The summed E-state index contributed by atoms with van der Waals surface area (Å²) in [6, 6.07) is 22.0. The fourth-order valence-corrected chi connectivity index (χ4v) is 5.89. The summed E-state index contributed by atoms with van der Waals surface area (Å²) in [6.07, 6.45) is 1.67. The zero-order chi connectivity index (χ0) is 32.9. The van der Waals surface area contributed by atoms with Crippen LogP contribution < -0.4 is 10.6 Å². The first-order valence-corrected chi connectivity index (χ1v) is 15.5. The molecule has 2 aliphatic heterocycles. The molecule has 0 unspecified atom stereocenters. The molecule has 12 nitrogen and oxygen atoms in total. The number of anilines is 2. The minimum Gasteiger partial charge on any atom is -0.445 e. The molecule has 242 valence electrons. The molecule has 47 heavy (non-hydrogen) atoms. The van der Waals surface area contributed by atoms with Crippen LogP contribution in [0.2, 0.25) is 0 Å². The maximum absolute atomic E-state index is 13.1. The SMILES string of the molecule is CC(=O)N1CCC[C@H]1C(=O)Nc1ccc(-c2cnc(-c3ccc(NC(=O)[C@@H]4C[C@@H](O)CN4C(=O)OCc4ccccc4)cc3)o2)cc1. The summed E-state index contributed by atoms with van der Waals surface area (Å²) in [5, 5.41) is 15.9. The van der Waals surface area contributed by atoms with E-state index >= 15 is 0 Å². The Hall–Kier alpha value is -5.49. The molecule has 2 fully saturated rings. The molecular weight excluding hydrogens is 602 g/mol. The van der Waals surface area contributed by atoms with E-state index in [0.29, 0.717) is 41.6 Å². The largest absolute Gasteiger partial charge is 0.445 e. The molecule has 2 saturated heterocycles. The Morgan fingerprint density at radius 3 is 2.17 bits per heavy atom. The predicted molar refractivity (Wildman–Crippen MR) is 173 cm³/mol. The number of β-amino-alcohol motifs (C(OH)–C–C–N with tert-alkyl or cyclic N) is 1. The van der Waals surface area contributed by atoms with Crippen molar-refractivity contribution in [2.24, 2.45) is 0 Å². The van der Waals surface area contributed by atoms with Crippen LogP contribution in [0.4, 0.5) is 16.2 Å². The van der Waals surface area contributed by atoms with Gasteiger partial charge in [0.2, 0.25) is 23.6 Å². The second-order valence-electron chi connectivity index (χ2n) is 11.6. The molecule has 1 aromatic heterocycles. The molecule has 0 bridgehead atoms. The Bertz CT molecular complexity index is 1740. The maximum Gasteiger partial charge on any atom is 0.410 e. The van der Waals surface area contributed by atoms with Gasteiger partial charge in [-0.05, 0) is 66.9 Å². The van der Waals surface area contributed by atoms with E-state index in [2.05, 4.69) is 15.6 Å². The molecule has 4 amide bonds. The van der Waals surface area contributed by atoms with Gasteiger partial charge in [0.15, 0.2) is 5.76 Å². The second kappa shape index (κ2) is 13.9. The molecule has 3 N–H and O–H groups in total. The minimum absolute atomic E-state index is 0.00877. The third-order valence-electron chi connectivity index (χ3n) is 8.32. The molecule has 4 aromatic rings. The van der Waals surface area contributed by atoms with Crippen LogP contribution in [-0.4, -0.2) is 75.0 Å². The van der Waals surface area contributed by atoms with E-state index in [1.165, 1.54) is 11.8 Å². The van der Waals surface area contributed by atoms with Crippen LogP contribution in [0.25, 0.3) is 22.8 Å². The number of nitrogens with zero attached hydrogens (tertiary/aromatic N) is 3. The zero-order valence-electron chi connectivity index (χ0n) is 25.8. The number of amides is 4. The number of oxazole rings is 1. The maximum atomic E-state index is 13.1. The number of hydrogen-bond acceptors (Lipinski definition) is 8. The quantitative estimate of drug-likeness (QED) is 0.252. The van der Waals surface area contributed by atoms with Crippen LogP contribution >= 0.6 is 0 Å². The number of nitrogens with one attached hydrogen (secondary N) is 2. The van der Waals surface area contributed by atoms with Crippen molar-refractivity contribution in [1.29, 1.82) is 0 Å². The van der Waals surface area contributed by atoms with Gasteiger partial charge in [0.25, 0.3) is 0 Å². The smallest absolute Gasteiger partial charge is 0.410 e. The number of benzene rings is 3. The van der Waals surface area contributed by atoms with Crippen LogP contribution in [-0.2, 0) is 25.7 Å². The molecular formula is C35H35N5O7. The number of likely N-dealkylation sites (tertiary alicyclic amines) is 2. The van der Waals surface area contributed by atoms with Crippen LogP contribution in [0.1, 0.15) is 31.7 Å². The number of carbonyl (C=O) groups excluding carboxylic acids is 4. The lowest BCUT2D eigenvalue weighted by atomic mass is 10.1. The number of rotatable bonds is 8. The molecule has 0 aliphatic carbocycles. The fourth-order valence-electron chi connectivity index (χ4n) is 5.89. The van der Waals surface area contributed by atoms with Crippen molar-refractivity contribution < 1.29 is 33.4 Å². The van der Waals surface area contributed by atoms with Crippen molar-refractivity contribution >= 4 is 35.2 Å². The van der Waals surface area contributed by atoms with Gasteiger partial charge in [0, 0.05) is 42.4 Å². The van der Waals surface area contributed by atoms with Gasteiger partial charge >= 0.3 is 6.09 Å². The Labute approximate surface area is 271 Å². The minimum atomic E-state index is -0.875. The summed E-state index contributed by atoms with van der Waals surface area (Å²) in [4.78, 5) is 57.6. The highest BCUT2D eigenvalue weighted by atomic mass is 16.6. The summed E-state index contributed by atoms with van der Waals surface area (Å²) < 4.78 is 11.4. The summed E-state index contributed by atoms with van der Waals surface area (Å²) >= 11 is 0. The van der Waals surface area contributed by atoms with Crippen LogP contribution in [0.15, 0.2) is 89.5 Å². The Kier molecular flexibility index (Phi) is 9.30. The highest BCUT2D eigenvalue weighted by molar-refractivity contribution is 5.98. The van der Waals surface area contributed by atoms with Crippen molar-refractivity contribution in [2.75, 3.05) is 23.7 Å². The van der Waals surface area contributed by atoms with E-state index in [1.807, 2.05) is 42.5 Å². The molecule has 3 aromatic carbocycles. The van der Waals surface area contributed by atoms with Gasteiger partial charge in [0.05, 0.1) is 18.8 Å². The monoisotopic (exact) mass is 637 g/mol.